The Balaban J connectivity index is 1.82. The van der Waals surface area contributed by atoms with E-state index >= 15 is 0 Å². The summed E-state index contributed by atoms with van der Waals surface area (Å²) in [6.07, 6.45) is 0.503. The second-order valence-corrected chi connectivity index (χ2v) is 8.15. The molecule has 1 aliphatic rings. The highest BCUT2D eigenvalue weighted by Crippen LogP contribution is 2.20. The number of rotatable bonds is 10. The first-order valence-corrected chi connectivity index (χ1v) is 10.6. The maximum absolute atomic E-state index is 10.1. The number of aliphatic imine (C=N–C) groups is 1. The van der Waals surface area contributed by atoms with E-state index in [0.717, 1.165) is 32.0 Å². The summed E-state index contributed by atoms with van der Waals surface area (Å²) in [6.45, 7) is 12.6. The molecule has 1 saturated heterocycles. The maximum Gasteiger partial charge on any atom is 0.191 e. The van der Waals surface area contributed by atoms with Gasteiger partial charge in [0.05, 0.1) is 19.3 Å². The Morgan fingerprint density at radius 1 is 1.29 bits per heavy atom. The predicted octanol–water partition coefficient (Wildman–Crippen LogP) is 2.24. The molecule has 158 valence electrons. The second-order valence-electron chi connectivity index (χ2n) is 8.15. The quantitative estimate of drug-likeness (QED) is 0.422. The van der Waals surface area contributed by atoms with Crippen molar-refractivity contribution in [3.8, 4) is 0 Å². The van der Waals surface area contributed by atoms with Gasteiger partial charge in [0, 0.05) is 38.3 Å². The van der Waals surface area contributed by atoms with E-state index < -0.39 is 6.10 Å². The van der Waals surface area contributed by atoms with Crippen LogP contribution in [0, 0.1) is 5.92 Å². The van der Waals surface area contributed by atoms with Crippen molar-refractivity contribution in [1.29, 1.82) is 0 Å². The third-order valence-electron chi connectivity index (χ3n) is 4.84. The lowest BCUT2D eigenvalue weighted by Gasteiger charge is -2.21. The average molecular weight is 391 g/mol. The molecule has 0 radical (unpaired) electrons. The van der Waals surface area contributed by atoms with Crippen molar-refractivity contribution >= 4 is 5.96 Å². The zero-order valence-electron chi connectivity index (χ0n) is 17.9. The van der Waals surface area contributed by atoms with Crippen LogP contribution in [0.2, 0.25) is 0 Å². The highest BCUT2D eigenvalue weighted by molar-refractivity contribution is 5.80. The van der Waals surface area contributed by atoms with Crippen LogP contribution in [0.4, 0.5) is 0 Å². The number of aliphatic hydroxyl groups is 1. The molecule has 2 rings (SSSR count). The Morgan fingerprint density at radius 2 is 2.04 bits per heavy atom. The molecule has 3 atom stereocenters. The van der Waals surface area contributed by atoms with Crippen LogP contribution >= 0.6 is 0 Å². The molecule has 0 spiro atoms. The Kier molecular flexibility index (Phi) is 9.75. The number of nitrogens with zero attached hydrogens (tertiary/aromatic N) is 2. The van der Waals surface area contributed by atoms with Gasteiger partial charge in [-0.2, -0.15) is 0 Å². The lowest BCUT2D eigenvalue weighted by molar-refractivity contribution is 0.0301. The number of hydrogen-bond acceptors (Lipinski definition) is 4. The van der Waals surface area contributed by atoms with Gasteiger partial charge in [-0.1, -0.05) is 44.2 Å². The molecule has 6 nitrogen and oxygen atoms in total. The molecule has 0 saturated carbocycles. The van der Waals surface area contributed by atoms with Gasteiger partial charge in [-0.15, -0.1) is 0 Å². The van der Waals surface area contributed by atoms with Crippen LogP contribution in [0.25, 0.3) is 0 Å². The standard InChI is InChI=1S/C22H38N4O2/c1-5-23-22(24-12-21(27)16-28-15-17(2)3)25-20-11-18(4)26(14-20)13-19-9-7-6-8-10-19/h6-10,17-18,20-21,27H,5,11-16H2,1-4H3,(H2,23,24,25). The Labute approximate surface area is 170 Å². The summed E-state index contributed by atoms with van der Waals surface area (Å²) >= 11 is 0. The molecule has 28 heavy (non-hydrogen) atoms. The summed E-state index contributed by atoms with van der Waals surface area (Å²) in [5, 5.41) is 16.9. The highest BCUT2D eigenvalue weighted by atomic mass is 16.5. The van der Waals surface area contributed by atoms with E-state index in [4.69, 9.17) is 4.74 Å². The normalized spacial score (nSPS) is 21.9. The minimum absolute atomic E-state index is 0.326. The maximum atomic E-state index is 10.1. The molecule has 6 heteroatoms. The monoisotopic (exact) mass is 390 g/mol. The zero-order valence-corrected chi connectivity index (χ0v) is 17.9. The fourth-order valence-corrected chi connectivity index (χ4v) is 3.44. The third-order valence-corrected chi connectivity index (χ3v) is 4.84. The predicted molar refractivity (Wildman–Crippen MR) is 115 cm³/mol. The smallest absolute Gasteiger partial charge is 0.191 e. The minimum Gasteiger partial charge on any atom is -0.389 e. The van der Waals surface area contributed by atoms with E-state index in [-0.39, 0.29) is 0 Å². The van der Waals surface area contributed by atoms with Crippen LogP contribution in [0.3, 0.4) is 0 Å². The minimum atomic E-state index is -0.578. The van der Waals surface area contributed by atoms with E-state index in [1.807, 2.05) is 0 Å². The van der Waals surface area contributed by atoms with Crippen molar-refractivity contribution in [1.82, 2.24) is 15.5 Å². The van der Waals surface area contributed by atoms with Crippen LogP contribution < -0.4 is 10.6 Å². The van der Waals surface area contributed by atoms with Crippen LogP contribution in [0.5, 0.6) is 0 Å². The first-order chi connectivity index (χ1) is 13.5. The molecule has 1 aliphatic heterocycles. The van der Waals surface area contributed by atoms with E-state index in [2.05, 4.69) is 78.6 Å². The van der Waals surface area contributed by atoms with E-state index in [9.17, 15) is 5.11 Å². The summed E-state index contributed by atoms with van der Waals surface area (Å²) in [6, 6.07) is 11.5. The van der Waals surface area contributed by atoms with Gasteiger partial charge in [0.15, 0.2) is 5.96 Å². The van der Waals surface area contributed by atoms with Crippen molar-refractivity contribution in [3.05, 3.63) is 35.9 Å². The molecule has 0 aliphatic carbocycles. The lowest BCUT2D eigenvalue weighted by Crippen LogP contribution is -2.45. The molecule has 1 heterocycles. The molecular formula is C22H38N4O2. The third kappa shape index (κ3) is 8.17. The second kappa shape index (κ2) is 12.0. The molecule has 1 aromatic rings. The van der Waals surface area contributed by atoms with Gasteiger partial charge in [0.1, 0.15) is 0 Å². The van der Waals surface area contributed by atoms with Gasteiger partial charge >= 0.3 is 0 Å². The zero-order chi connectivity index (χ0) is 20.4. The fourth-order valence-electron chi connectivity index (χ4n) is 3.44. The molecule has 3 unspecified atom stereocenters. The van der Waals surface area contributed by atoms with Crippen molar-refractivity contribution in [2.45, 2.75) is 58.8 Å². The van der Waals surface area contributed by atoms with E-state index in [1.54, 1.807) is 0 Å². The molecule has 3 N–H and O–H groups in total. The Hall–Kier alpha value is -1.63. The van der Waals surface area contributed by atoms with Crippen molar-refractivity contribution in [2.24, 2.45) is 10.9 Å². The van der Waals surface area contributed by atoms with Gasteiger partial charge in [-0.25, -0.2) is 0 Å². The van der Waals surface area contributed by atoms with Gasteiger partial charge in [-0.05, 0) is 31.7 Å². The number of benzene rings is 1. The number of guanidine groups is 1. The number of aliphatic hydroxyl groups excluding tert-OH is 1. The molecule has 1 fully saturated rings. The van der Waals surface area contributed by atoms with Crippen LogP contribution in [0.15, 0.2) is 35.3 Å². The number of likely N-dealkylation sites (tertiary alicyclic amines) is 1. The van der Waals surface area contributed by atoms with Crippen molar-refractivity contribution < 1.29 is 9.84 Å². The molecular weight excluding hydrogens is 352 g/mol. The van der Waals surface area contributed by atoms with E-state index in [1.165, 1.54) is 5.56 Å². The van der Waals surface area contributed by atoms with Crippen LogP contribution in [0.1, 0.15) is 39.7 Å². The molecule has 0 amide bonds. The van der Waals surface area contributed by atoms with Crippen molar-refractivity contribution in [3.63, 3.8) is 0 Å². The van der Waals surface area contributed by atoms with Crippen LogP contribution in [-0.4, -0.2) is 67.0 Å². The average Bonchev–Trinajstić information content (AvgIpc) is 2.99. The molecule has 1 aromatic carbocycles. The van der Waals surface area contributed by atoms with Gasteiger partial charge in [-0.3, -0.25) is 9.89 Å². The van der Waals surface area contributed by atoms with Crippen LogP contribution in [-0.2, 0) is 11.3 Å². The number of hydrogen-bond donors (Lipinski definition) is 3. The van der Waals surface area contributed by atoms with Gasteiger partial charge < -0.3 is 20.5 Å². The lowest BCUT2D eigenvalue weighted by atomic mass is 10.2. The topological polar surface area (TPSA) is 69.1 Å². The van der Waals surface area contributed by atoms with Gasteiger partial charge in [0.2, 0.25) is 0 Å². The number of nitrogens with one attached hydrogen (secondary N) is 2. The summed E-state index contributed by atoms with van der Waals surface area (Å²) < 4.78 is 5.50. The molecule has 0 bridgehead atoms. The Morgan fingerprint density at radius 3 is 2.71 bits per heavy atom. The SMILES string of the molecule is CCNC(=NCC(O)COCC(C)C)NC1CC(C)N(Cc2ccccc2)C1. The summed E-state index contributed by atoms with van der Waals surface area (Å²) in [4.78, 5) is 7.06. The summed E-state index contributed by atoms with van der Waals surface area (Å²) in [7, 11) is 0. The van der Waals surface area contributed by atoms with E-state index in [0.29, 0.717) is 37.8 Å². The summed E-state index contributed by atoms with van der Waals surface area (Å²) in [5.41, 5.74) is 1.35. The van der Waals surface area contributed by atoms with Crippen molar-refractivity contribution in [2.75, 3.05) is 32.8 Å². The summed E-state index contributed by atoms with van der Waals surface area (Å²) in [5.74, 6) is 1.24. The van der Waals surface area contributed by atoms with Gasteiger partial charge in [0.25, 0.3) is 0 Å². The number of ether oxygens (including phenoxy) is 1. The molecule has 0 aromatic heterocycles. The highest BCUT2D eigenvalue weighted by Gasteiger charge is 2.29. The fraction of sp³-hybridized carbons (Fsp3) is 0.682. The Bertz CT molecular complexity index is 579. The first-order valence-electron chi connectivity index (χ1n) is 10.6. The first kappa shape index (κ1) is 22.7. The largest absolute Gasteiger partial charge is 0.389 e.